The number of benzene rings is 2. The molecule has 1 N–H and O–H groups in total. The lowest BCUT2D eigenvalue weighted by Gasteiger charge is -2.12. The molecule has 2 rings (SSSR count). The highest BCUT2D eigenvalue weighted by Crippen LogP contribution is 2.33. The Morgan fingerprint density at radius 1 is 1.20 bits per heavy atom. The summed E-state index contributed by atoms with van der Waals surface area (Å²) >= 11 is 1.44. The van der Waals surface area contributed by atoms with Crippen LogP contribution >= 0.6 is 11.8 Å². The molecule has 130 valence electrons. The molecule has 0 saturated heterocycles. The standard InChI is InChI=1S/C18H15F3N2OS/c1-12-2-5-14(10-16(12)18(19,20)21)23-17(24)8-9-25-15-6-3-13(11-22)4-7-15/h2-7,10H,8-9H2,1H3,(H,23,24). The molecule has 2 aromatic rings. The highest BCUT2D eigenvalue weighted by Gasteiger charge is 2.32. The van der Waals surface area contributed by atoms with Gasteiger partial charge in [0, 0.05) is 22.8 Å². The molecule has 0 fully saturated rings. The molecule has 0 atom stereocenters. The second kappa shape index (κ2) is 8.08. The van der Waals surface area contributed by atoms with E-state index in [0.29, 0.717) is 11.3 Å². The van der Waals surface area contributed by atoms with Crippen molar-refractivity contribution in [3.8, 4) is 6.07 Å². The Hall–Kier alpha value is -2.46. The van der Waals surface area contributed by atoms with Crippen LogP contribution in [0.1, 0.15) is 23.1 Å². The fraction of sp³-hybridized carbons (Fsp3) is 0.222. The minimum atomic E-state index is -4.45. The van der Waals surface area contributed by atoms with Crippen LogP contribution < -0.4 is 5.32 Å². The fourth-order valence-electron chi connectivity index (χ4n) is 2.12. The smallest absolute Gasteiger partial charge is 0.326 e. The van der Waals surface area contributed by atoms with Crippen LogP contribution in [0.5, 0.6) is 0 Å². The zero-order valence-electron chi connectivity index (χ0n) is 13.4. The Morgan fingerprint density at radius 2 is 1.88 bits per heavy atom. The van der Waals surface area contributed by atoms with Gasteiger partial charge in [-0.15, -0.1) is 11.8 Å². The summed E-state index contributed by atoms with van der Waals surface area (Å²) in [6, 6.07) is 12.7. The molecule has 3 nitrogen and oxygen atoms in total. The number of thioether (sulfide) groups is 1. The van der Waals surface area contributed by atoms with Gasteiger partial charge in [-0.3, -0.25) is 4.79 Å². The topological polar surface area (TPSA) is 52.9 Å². The molecule has 0 unspecified atom stereocenters. The van der Waals surface area contributed by atoms with Gasteiger partial charge in [-0.25, -0.2) is 0 Å². The van der Waals surface area contributed by atoms with Gasteiger partial charge in [0.15, 0.2) is 0 Å². The molecule has 0 spiro atoms. The number of amides is 1. The summed E-state index contributed by atoms with van der Waals surface area (Å²) in [5.74, 6) is 0.133. The molecule has 25 heavy (non-hydrogen) atoms. The van der Waals surface area contributed by atoms with Gasteiger partial charge < -0.3 is 5.32 Å². The first-order valence-electron chi connectivity index (χ1n) is 7.40. The minimum Gasteiger partial charge on any atom is -0.326 e. The normalized spacial score (nSPS) is 11.0. The number of hydrogen-bond acceptors (Lipinski definition) is 3. The number of rotatable bonds is 5. The zero-order valence-corrected chi connectivity index (χ0v) is 14.2. The van der Waals surface area contributed by atoms with Crippen molar-refractivity contribution in [2.45, 2.75) is 24.4 Å². The number of nitrogens with zero attached hydrogens (tertiary/aromatic N) is 1. The van der Waals surface area contributed by atoms with Crippen LogP contribution in [0.15, 0.2) is 47.4 Å². The number of nitrogens with one attached hydrogen (secondary N) is 1. The molecule has 0 aromatic heterocycles. The van der Waals surface area contributed by atoms with E-state index in [4.69, 9.17) is 5.26 Å². The first-order valence-corrected chi connectivity index (χ1v) is 8.39. The van der Waals surface area contributed by atoms with Crippen LogP contribution in [0.3, 0.4) is 0 Å². The molecule has 0 bridgehead atoms. The second-order valence-electron chi connectivity index (χ2n) is 5.31. The van der Waals surface area contributed by atoms with Crippen LogP contribution in [0.2, 0.25) is 0 Å². The Morgan fingerprint density at radius 3 is 2.48 bits per heavy atom. The lowest BCUT2D eigenvalue weighted by Crippen LogP contribution is -2.14. The quantitative estimate of drug-likeness (QED) is 0.759. The summed E-state index contributed by atoms with van der Waals surface area (Å²) in [6.45, 7) is 1.38. The molecule has 0 aliphatic rings. The molecule has 2 aromatic carbocycles. The van der Waals surface area contributed by atoms with Gasteiger partial charge in [0.25, 0.3) is 0 Å². The Kier molecular flexibility index (Phi) is 6.10. The average Bonchev–Trinajstić information content (AvgIpc) is 2.56. The van der Waals surface area contributed by atoms with Crippen LogP contribution in [0, 0.1) is 18.3 Å². The molecule has 0 radical (unpaired) electrons. The molecule has 1 amide bonds. The Balaban J connectivity index is 1.89. The highest BCUT2D eigenvalue weighted by atomic mass is 32.2. The van der Waals surface area contributed by atoms with Crippen molar-refractivity contribution in [1.29, 1.82) is 5.26 Å². The summed E-state index contributed by atoms with van der Waals surface area (Å²) < 4.78 is 38.6. The average molecular weight is 364 g/mol. The van der Waals surface area contributed by atoms with E-state index in [-0.39, 0.29) is 23.6 Å². The van der Waals surface area contributed by atoms with Crippen molar-refractivity contribution in [2.24, 2.45) is 0 Å². The maximum Gasteiger partial charge on any atom is 0.416 e. The molecular formula is C18H15F3N2OS. The molecule has 0 aliphatic carbocycles. The van der Waals surface area contributed by atoms with Crippen molar-refractivity contribution >= 4 is 23.4 Å². The molecule has 0 aliphatic heterocycles. The van der Waals surface area contributed by atoms with Crippen molar-refractivity contribution in [3.05, 3.63) is 59.2 Å². The summed E-state index contributed by atoms with van der Waals surface area (Å²) in [6.07, 6.45) is -4.28. The van der Waals surface area contributed by atoms with E-state index < -0.39 is 11.7 Å². The maximum absolute atomic E-state index is 12.9. The Labute approximate surface area is 147 Å². The number of nitriles is 1. The van der Waals surface area contributed by atoms with Gasteiger partial charge in [-0.2, -0.15) is 18.4 Å². The van der Waals surface area contributed by atoms with Gasteiger partial charge in [-0.05, 0) is 48.9 Å². The van der Waals surface area contributed by atoms with Gasteiger partial charge >= 0.3 is 6.18 Å². The van der Waals surface area contributed by atoms with Crippen LogP contribution in [0.4, 0.5) is 18.9 Å². The third-order valence-electron chi connectivity index (χ3n) is 3.41. The van der Waals surface area contributed by atoms with Crippen molar-refractivity contribution in [1.82, 2.24) is 0 Å². The van der Waals surface area contributed by atoms with E-state index >= 15 is 0 Å². The number of anilines is 1. The van der Waals surface area contributed by atoms with E-state index in [1.54, 1.807) is 24.3 Å². The number of alkyl halides is 3. The maximum atomic E-state index is 12.9. The summed E-state index contributed by atoms with van der Waals surface area (Å²) in [5, 5.41) is 11.2. The molecular weight excluding hydrogens is 349 g/mol. The lowest BCUT2D eigenvalue weighted by molar-refractivity contribution is -0.138. The first kappa shape index (κ1) is 18.9. The van der Waals surface area contributed by atoms with E-state index in [1.807, 2.05) is 6.07 Å². The Bertz CT molecular complexity index is 795. The zero-order chi connectivity index (χ0) is 18.4. The predicted molar refractivity (Wildman–Crippen MR) is 91.3 cm³/mol. The SMILES string of the molecule is Cc1ccc(NC(=O)CCSc2ccc(C#N)cc2)cc1C(F)(F)F. The second-order valence-corrected chi connectivity index (χ2v) is 6.48. The third kappa shape index (κ3) is 5.54. The van der Waals surface area contributed by atoms with E-state index in [1.165, 1.54) is 30.8 Å². The van der Waals surface area contributed by atoms with E-state index in [2.05, 4.69) is 5.32 Å². The third-order valence-corrected chi connectivity index (χ3v) is 4.42. The highest BCUT2D eigenvalue weighted by molar-refractivity contribution is 7.99. The molecule has 7 heteroatoms. The van der Waals surface area contributed by atoms with Crippen molar-refractivity contribution < 1.29 is 18.0 Å². The van der Waals surface area contributed by atoms with Crippen molar-refractivity contribution in [3.63, 3.8) is 0 Å². The van der Waals surface area contributed by atoms with Gasteiger partial charge in [-0.1, -0.05) is 6.07 Å². The number of carbonyl (C=O) groups excluding carboxylic acids is 1. The van der Waals surface area contributed by atoms with Crippen LogP contribution in [-0.4, -0.2) is 11.7 Å². The van der Waals surface area contributed by atoms with E-state index in [9.17, 15) is 18.0 Å². The lowest BCUT2D eigenvalue weighted by atomic mass is 10.1. The summed E-state index contributed by atoms with van der Waals surface area (Å²) in [4.78, 5) is 12.8. The van der Waals surface area contributed by atoms with Crippen molar-refractivity contribution in [2.75, 3.05) is 11.1 Å². The largest absolute Gasteiger partial charge is 0.416 e. The molecule has 0 saturated carbocycles. The monoisotopic (exact) mass is 364 g/mol. The number of carbonyl (C=O) groups is 1. The first-order chi connectivity index (χ1) is 11.8. The van der Waals surface area contributed by atoms with Gasteiger partial charge in [0.2, 0.25) is 5.91 Å². The number of aryl methyl sites for hydroxylation is 1. The van der Waals surface area contributed by atoms with Crippen LogP contribution in [0.25, 0.3) is 0 Å². The predicted octanol–water partition coefficient (Wildman–Crippen LogP) is 5.01. The number of hydrogen-bond donors (Lipinski definition) is 1. The van der Waals surface area contributed by atoms with E-state index in [0.717, 1.165) is 11.0 Å². The summed E-state index contributed by atoms with van der Waals surface area (Å²) in [5.41, 5.74) is 0.0485. The van der Waals surface area contributed by atoms with Gasteiger partial charge in [0.1, 0.15) is 0 Å². The minimum absolute atomic E-state index is 0.113. The fourth-order valence-corrected chi connectivity index (χ4v) is 2.97. The molecule has 0 heterocycles. The number of halogens is 3. The van der Waals surface area contributed by atoms with Gasteiger partial charge in [0.05, 0.1) is 17.2 Å². The van der Waals surface area contributed by atoms with Crippen LogP contribution in [-0.2, 0) is 11.0 Å². The summed E-state index contributed by atoms with van der Waals surface area (Å²) in [7, 11) is 0.